The van der Waals surface area contributed by atoms with Gasteiger partial charge in [0.1, 0.15) is 0 Å². The van der Waals surface area contributed by atoms with Crippen LogP contribution in [0.1, 0.15) is 12.8 Å². The summed E-state index contributed by atoms with van der Waals surface area (Å²) in [5.41, 5.74) is 0. The van der Waals surface area contributed by atoms with Gasteiger partial charge in [-0.2, -0.15) is 15.0 Å². The monoisotopic (exact) mass is 361 g/mol. The molecule has 3 heterocycles. The molecule has 1 unspecified atom stereocenters. The number of aromatic nitrogens is 5. The summed E-state index contributed by atoms with van der Waals surface area (Å²) in [6.07, 6.45) is 3.71. The fraction of sp³-hybridized carbons (Fsp3) is 0.562. The maximum absolute atomic E-state index is 5.19. The molecular formula is C16H23N7O3. The van der Waals surface area contributed by atoms with E-state index in [4.69, 9.17) is 14.2 Å². The third-order valence-corrected chi connectivity index (χ3v) is 4.32. The molecule has 1 saturated heterocycles. The molecule has 0 N–H and O–H groups in total. The van der Waals surface area contributed by atoms with E-state index in [0.29, 0.717) is 17.8 Å². The molecule has 1 fully saturated rings. The Kier molecular flexibility index (Phi) is 5.49. The molecule has 26 heavy (non-hydrogen) atoms. The van der Waals surface area contributed by atoms with Crippen molar-refractivity contribution in [3.8, 4) is 17.9 Å². The molecule has 0 aliphatic carbocycles. The number of hydrogen-bond donors (Lipinski definition) is 0. The van der Waals surface area contributed by atoms with Gasteiger partial charge in [0.25, 0.3) is 0 Å². The third-order valence-electron chi connectivity index (χ3n) is 4.32. The highest BCUT2D eigenvalue weighted by atomic mass is 16.5. The van der Waals surface area contributed by atoms with Crippen LogP contribution in [0, 0.1) is 0 Å². The van der Waals surface area contributed by atoms with Crippen LogP contribution < -0.4 is 24.0 Å². The Hall–Kier alpha value is -2.91. The average molecular weight is 361 g/mol. The number of anilines is 2. The Morgan fingerprint density at radius 1 is 1.04 bits per heavy atom. The minimum absolute atomic E-state index is 0.213. The zero-order valence-electron chi connectivity index (χ0n) is 15.4. The normalized spacial score (nSPS) is 16.9. The van der Waals surface area contributed by atoms with E-state index in [9.17, 15) is 0 Å². The number of likely N-dealkylation sites (N-methyl/N-ethyl adjacent to an activating group) is 1. The zero-order chi connectivity index (χ0) is 18.5. The molecule has 0 aromatic carbocycles. The Morgan fingerprint density at radius 3 is 2.42 bits per heavy atom. The van der Waals surface area contributed by atoms with Crippen molar-refractivity contribution in [3.63, 3.8) is 0 Å². The van der Waals surface area contributed by atoms with Gasteiger partial charge in [0, 0.05) is 38.4 Å². The Bertz CT molecular complexity index is 723. The first-order valence-corrected chi connectivity index (χ1v) is 8.33. The third kappa shape index (κ3) is 3.84. The molecule has 2 aromatic heterocycles. The lowest BCUT2D eigenvalue weighted by molar-refractivity contribution is 0.338. The molecule has 1 aliphatic rings. The maximum atomic E-state index is 5.19. The number of nitrogens with zero attached hydrogens (tertiary/aromatic N) is 7. The van der Waals surface area contributed by atoms with Gasteiger partial charge in [0.05, 0.1) is 21.3 Å². The summed E-state index contributed by atoms with van der Waals surface area (Å²) in [7, 11) is 6.62. The minimum Gasteiger partial charge on any atom is -0.481 e. The van der Waals surface area contributed by atoms with Crippen LogP contribution in [-0.4, -0.2) is 72.4 Å². The van der Waals surface area contributed by atoms with Gasteiger partial charge in [-0.15, -0.1) is 4.98 Å². The van der Waals surface area contributed by atoms with Gasteiger partial charge in [0.2, 0.25) is 17.8 Å². The van der Waals surface area contributed by atoms with Crippen LogP contribution >= 0.6 is 0 Å². The molecular weight excluding hydrogens is 338 g/mol. The van der Waals surface area contributed by atoms with Gasteiger partial charge in [0.15, 0.2) is 0 Å². The van der Waals surface area contributed by atoms with Gasteiger partial charge in [-0.1, -0.05) is 0 Å². The van der Waals surface area contributed by atoms with Gasteiger partial charge < -0.3 is 24.0 Å². The molecule has 0 spiro atoms. The predicted octanol–water partition coefficient (Wildman–Crippen LogP) is 0.793. The lowest BCUT2D eigenvalue weighted by Crippen LogP contribution is -2.47. The summed E-state index contributed by atoms with van der Waals surface area (Å²) < 4.78 is 15.5. The lowest BCUT2D eigenvalue weighted by Gasteiger charge is -2.37. The van der Waals surface area contributed by atoms with Crippen molar-refractivity contribution >= 4 is 11.9 Å². The maximum Gasteiger partial charge on any atom is 0.324 e. The Balaban J connectivity index is 1.78. The molecule has 0 radical (unpaired) electrons. The first-order valence-electron chi connectivity index (χ1n) is 8.33. The van der Waals surface area contributed by atoms with E-state index in [1.54, 1.807) is 19.4 Å². The van der Waals surface area contributed by atoms with E-state index in [-0.39, 0.29) is 18.1 Å². The van der Waals surface area contributed by atoms with Crippen LogP contribution in [0.3, 0.4) is 0 Å². The highest BCUT2D eigenvalue weighted by Crippen LogP contribution is 2.24. The molecule has 10 heteroatoms. The standard InChI is InChI=1S/C16H23N7O3/c1-22(13-17-8-7-12(18-13)24-2)11-6-5-9-23(10-11)14-19-15(25-3)21-16(20-14)26-4/h7-8,11H,5-6,9-10H2,1-4H3. The minimum atomic E-state index is 0.213. The van der Waals surface area contributed by atoms with E-state index >= 15 is 0 Å². The molecule has 1 atom stereocenters. The second-order valence-electron chi connectivity index (χ2n) is 5.86. The topological polar surface area (TPSA) is 98.6 Å². The summed E-state index contributed by atoms with van der Waals surface area (Å²) in [5, 5.41) is 0. The van der Waals surface area contributed by atoms with Crippen LogP contribution in [0.4, 0.5) is 11.9 Å². The molecule has 2 aromatic rings. The summed E-state index contributed by atoms with van der Waals surface area (Å²) in [6, 6.07) is 2.41. The first-order chi connectivity index (χ1) is 12.6. The quantitative estimate of drug-likeness (QED) is 0.734. The van der Waals surface area contributed by atoms with Crippen LogP contribution in [-0.2, 0) is 0 Å². The average Bonchev–Trinajstić information content (AvgIpc) is 2.72. The SMILES string of the molecule is COc1ccnc(N(C)C2CCCN(c3nc(OC)nc(OC)n3)C2)n1. The molecule has 10 nitrogen and oxygen atoms in total. The van der Waals surface area contributed by atoms with Crippen molar-refractivity contribution in [1.29, 1.82) is 0 Å². The van der Waals surface area contributed by atoms with Crippen molar-refractivity contribution < 1.29 is 14.2 Å². The molecule has 0 saturated carbocycles. The summed E-state index contributed by atoms with van der Waals surface area (Å²) in [6.45, 7) is 1.58. The Morgan fingerprint density at radius 2 is 1.77 bits per heavy atom. The first kappa shape index (κ1) is 17.9. The summed E-state index contributed by atoms with van der Waals surface area (Å²) in [5.74, 6) is 1.71. The van der Waals surface area contributed by atoms with E-state index in [1.165, 1.54) is 14.2 Å². The van der Waals surface area contributed by atoms with Crippen molar-refractivity contribution in [2.75, 3.05) is 51.3 Å². The van der Waals surface area contributed by atoms with Crippen LogP contribution in [0.2, 0.25) is 0 Å². The molecule has 0 amide bonds. The van der Waals surface area contributed by atoms with Crippen LogP contribution in [0.5, 0.6) is 17.9 Å². The lowest BCUT2D eigenvalue weighted by atomic mass is 10.1. The van der Waals surface area contributed by atoms with Crippen molar-refractivity contribution in [3.05, 3.63) is 12.3 Å². The number of piperidine rings is 1. The van der Waals surface area contributed by atoms with Gasteiger partial charge >= 0.3 is 12.0 Å². The van der Waals surface area contributed by atoms with Gasteiger partial charge in [-0.05, 0) is 12.8 Å². The molecule has 0 bridgehead atoms. The summed E-state index contributed by atoms with van der Waals surface area (Å²) in [4.78, 5) is 25.7. The predicted molar refractivity (Wildman–Crippen MR) is 95.2 cm³/mol. The number of hydrogen-bond acceptors (Lipinski definition) is 10. The number of rotatable bonds is 6. The van der Waals surface area contributed by atoms with Crippen molar-refractivity contribution in [2.45, 2.75) is 18.9 Å². The van der Waals surface area contributed by atoms with Crippen LogP contribution in [0.25, 0.3) is 0 Å². The largest absolute Gasteiger partial charge is 0.481 e. The Labute approximate surface area is 152 Å². The zero-order valence-corrected chi connectivity index (χ0v) is 15.4. The fourth-order valence-electron chi connectivity index (χ4n) is 2.88. The van der Waals surface area contributed by atoms with E-state index in [2.05, 4.69) is 34.7 Å². The van der Waals surface area contributed by atoms with Crippen molar-refractivity contribution in [2.24, 2.45) is 0 Å². The fourth-order valence-corrected chi connectivity index (χ4v) is 2.88. The van der Waals surface area contributed by atoms with Crippen LogP contribution in [0.15, 0.2) is 12.3 Å². The number of methoxy groups -OCH3 is 3. The molecule has 140 valence electrons. The second-order valence-corrected chi connectivity index (χ2v) is 5.86. The molecule has 3 rings (SSSR count). The van der Waals surface area contributed by atoms with Gasteiger partial charge in [-0.3, -0.25) is 0 Å². The summed E-state index contributed by atoms with van der Waals surface area (Å²) >= 11 is 0. The van der Waals surface area contributed by atoms with Crippen molar-refractivity contribution in [1.82, 2.24) is 24.9 Å². The second kappa shape index (κ2) is 7.98. The van der Waals surface area contributed by atoms with E-state index in [0.717, 1.165) is 25.9 Å². The van der Waals surface area contributed by atoms with E-state index < -0.39 is 0 Å². The highest BCUT2D eigenvalue weighted by molar-refractivity contribution is 5.38. The smallest absolute Gasteiger partial charge is 0.324 e. The van der Waals surface area contributed by atoms with E-state index in [1.807, 2.05) is 7.05 Å². The molecule has 1 aliphatic heterocycles. The number of ether oxygens (including phenoxy) is 3. The van der Waals surface area contributed by atoms with Gasteiger partial charge in [-0.25, -0.2) is 4.98 Å². The highest BCUT2D eigenvalue weighted by Gasteiger charge is 2.27.